The molecule has 0 saturated heterocycles. The summed E-state index contributed by atoms with van der Waals surface area (Å²) in [6.07, 6.45) is 1.40. The Morgan fingerprint density at radius 2 is 2.36 bits per heavy atom. The Morgan fingerprint density at radius 1 is 1.50 bits per heavy atom. The molecule has 1 aromatic carbocycles. The third kappa shape index (κ3) is 1.35. The summed E-state index contributed by atoms with van der Waals surface area (Å²) in [7, 11) is 0. The van der Waals surface area contributed by atoms with Gasteiger partial charge in [-0.3, -0.25) is 5.10 Å². The van der Waals surface area contributed by atoms with Crippen molar-refractivity contribution in [3.63, 3.8) is 0 Å². The van der Waals surface area contributed by atoms with E-state index in [1.807, 2.05) is 6.07 Å². The highest BCUT2D eigenvalue weighted by atomic mass is 15.1. The van der Waals surface area contributed by atoms with Crippen molar-refractivity contribution in [3.8, 4) is 6.07 Å². The number of rotatable bonds is 2. The fraction of sp³-hybridized carbons (Fsp3) is 0.273. The molecular formula is C11H11N3. The first-order chi connectivity index (χ1) is 6.85. The fourth-order valence-electron chi connectivity index (χ4n) is 1.54. The molecule has 70 valence electrons. The maximum atomic E-state index is 8.63. The lowest BCUT2D eigenvalue weighted by Crippen LogP contribution is -1.83. The molecule has 0 bridgehead atoms. The second-order valence-electron chi connectivity index (χ2n) is 3.24. The summed E-state index contributed by atoms with van der Waals surface area (Å²) in [5.74, 6) is 0. The number of aromatic nitrogens is 2. The van der Waals surface area contributed by atoms with E-state index in [2.05, 4.69) is 35.3 Å². The second-order valence-corrected chi connectivity index (χ2v) is 3.24. The van der Waals surface area contributed by atoms with Gasteiger partial charge in [0.25, 0.3) is 0 Å². The Kier molecular flexibility index (Phi) is 2.19. The summed E-state index contributed by atoms with van der Waals surface area (Å²) in [5, 5.41) is 16.7. The molecule has 1 aromatic heterocycles. The molecule has 0 aliphatic heterocycles. The average Bonchev–Trinajstić information content (AvgIpc) is 2.61. The number of nitrogens with one attached hydrogen (secondary N) is 1. The van der Waals surface area contributed by atoms with Crippen LogP contribution in [0.5, 0.6) is 0 Å². The van der Waals surface area contributed by atoms with Crippen LogP contribution < -0.4 is 0 Å². The number of fused-ring (bicyclic) bond motifs is 1. The molecule has 3 heteroatoms. The van der Waals surface area contributed by atoms with E-state index >= 15 is 0 Å². The highest BCUT2D eigenvalue weighted by Gasteiger charge is 2.04. The number of aromatic amines is 1. The van der Waals surface area contributed by atoms with Crippen molar-refractivity contribution in [3.05, 3.63) is 29.5 Å². The number of benzene rings is 1. The number of hydrogen-bond donors (Lipinski definition) is 1. The molecule has 0 aliphatic carbocycles. The summed E-state index contributed by atoms with van der Waals surface area (Å²) in [6, 6.07) is 8.29. The fourth-order valence-corrected chi connectivity index (χ4v) is 1.54. The predicted octanol–water partition coefficient (Wildman–Crippen LogP) is 2.19. The Bertz CT molecular complexity index is 491. The normalized spacial score (nSPS) is 10.3. The van der Waals surface area contributed by atoms with Crippen molar-refractivity contribution in [2.45, 2.75) is 19.8 Å². The lowest BCUT2D eigenvalue weighted by atomic mass is 10.1. The molecule has 0 radical (unpaired) electrons. The van der Waals surface area contributed by atoms with Gasteiger partial charge in [0.05, 0.1) is 23.7 Å². The molecule has 0 spiro atoms. The van der Waals surface area contributed by atoms with E-state index in [0.29, 0.717) is 6.42 Å². The number of aryl methyl sites for hydroxylation is 1. The number of nitrogens with zero attached hydrogens (tertiary/aromatic N) is 2. The van der Waals surface area contributed by atoms with Gasteiger partial charge in [0, 0.05) is 5.39 Å². The van der Waals surface area contributed by atoms with Gasteiger partial charge in [-0.2, -0.15) is 10.4 Å². The van der Waals surface area contributed by atoms with Gasteiger partial charge in [-0.1, -0.05) is 13.0 Å². The quantitative estimate of drug-likeness (QED) is 0.779. The van der Waals surface area contributed by atoms with Crippen LogP contribution >= 0.6 is 0 Å². The van der Waals surface area contributed by atoms with E-state index in [4.69, 9.17) is 5.26 Å². The van der Waals surface area contributed by atoms with Crippen LogP contribution in [-0.4, -0.2) is 10.2 Å². The van der Waals surface area contributed by atoms with Crippen LogP contribution in [0.1, 0.15) is 18.2 Å². The third-order valence-electron chi connectivity index (χ3n) is 2.36. The molecule has 0 amide bonds. The summed E-state index contributed by atoms with van der Waals surface area (Å²) < 4.78 is 0. The summed E-state index contributed by atoms with van der Waals surface area (Å²) in [6.45, 7) is 2.12. The van der Waals surface area contributed by atoms with Crippen LogP contribution in [0.2, 0.25) is 0 Å². The van der Waals surface area contributed by atoms with E-state index in [1.165, 1.54) is 5.56 Å². The molecule has 0 saturated carbocycles. The van der Waals surface area contributed by atoms with Crippen LogP contribution in [0.25, 0.3) is 10.9 Å². The van der Waals surface area contributed by atoms with Crippen LogP contribution in [0.3, 0.4) is 0 Å². The maximum Gasteiger partial charge on any atom is 0.0924 e. The molecule has 3 nitrogen and oxygen atoms in total. The van der Waals surface area contributed by atoms with Crippen molar-refractivity contribution in [1.82, 2.24) is 10.2 Å². The molecule has 0 aliphatic rings. The zero-order chi connectivity index (χ0) is 9.97. The van der Waals surface area contributed by atoms with Crippen LogP contribution in [0.4, 0.5) is 0 Å². The Hall–Kier alpha value is -1.82. The van der Waals surface area contributed by atoms with Gasteiger partial charge in [-0.15, -0.1) is 0 Å². The van der Waals surface area contributed by atoms with Crippen molar-refractivity contribution < 1.29 is 0 Å². The van der Waals surface area contributed by atoms with Gasteiger partial charge in [0.15, 0.2) is 0 Å². The standard InChI is InChI=1S/C11H11N3/c1-2-8-3-4-10-9(7-8)11(5-6-12)14-13-10/h3-4,7H,2,5H2,1H3,(H,13,14). The first kappa shape index (κ1) is 8.76. The van der Waals surface area contributed by atoms with Crippen molar-refractivity contribution in [1.29, 1.82) is 5.26 Å². The van der Waals surface area contributed by atoms with E-state index in [1.54, 1.807) is 0 Å². The SMILES string of the molecule is CCc1ccc2n[nH]c(CC#N)c2c1. The monoisotopic (exact) mass is 185 g/mol. The lowest BCUT2D eigenvalue weighted by Gasteiger charge is -1.96. The van der Waals surface area contributed by atoms with Gasteiger partial charge in [-0.05, 0) is 24.1 Å². The first-order valence-electron chi connectivity index (χ1n) is 4.68. The van der Waals surface area contributed by atoms with Crippen LogP contribution in [-0.2, 0) is 12.8 Å². The first-order valence-corrected chi connectivity index (χ1v) is 4.68. The van der Waals surface area contributed by atoms with Crippen molar-refractivity contribution in [2.24, 2.45) is 0 Å². The molecule has 14 heavy (non-hydrogen) atoms. The van der Waals surface area contributed by atoms with Gasteiger partial charge >= 0.3 is 0 Å². The van der Waals surface area contributed by atoms with Crippen molar-refractivity contribution in [2.75, 3.05) is 0 Å². The molecule has 0 fully saturated rings. The topological polar surface area (TPSA) is 52.5 Å². The van der Waals surface area contributed by atoms with Crippen molar-refractivity contribution >= 4 is 10.9 Å². The zero-order valence-corrected chi connectivity index (χ0v) is 8.04. The van der Waals surface area contributed by atoms with E-state index in [9.17, 15) is 0 Å². The summed E-state index contributed by atoms with van der Waals surface area (Å²) in [4.78, 5) is 0. The summed E-state index contributed by atoms with van der Waals surface area (Å²) in [5.41, 5.74) is 3.13. The summed E-state index contributed by atoms with van der Waals surface area (Å²) >= 11 is 0. The van der Waals surface area contributed by atoms with Crippen LogP contribution in [0.15, 0.2) is 18.2 Å². The number of nitriles is 1. The average molecular weight is 185 g/mol. The minimum Gasteiger partial charge on any atom is -0.280 e. The lowest BCUT2D eigenvalue weighted by molar-refractivity contribution is 1.03. The predicted molar refractivity (Wildman–Crippen MR) is 54.8 cm³/mol. The number of hydrogen-bond acceptors (Lipinski definition) is 2. The van der Waals surface area contributed by atoms with Gasteiger partial charge in [0.2, 0.25) is 0 Å². The van der Waals surface area contributed by atoms with E-state index in [0.717, 1.165) is 23.0 Å². The Morgan fingerprint density at radius 3 is 3.07 bits per heavy atom. The highest BCUT2D eigenvalue weighted by molar-refractivity contribution is 5.82. The van der Waals surface area contributed by atoms with Gasteiger partial charge < -0.3 is 0 Å². The molecule has 1 heterocycles. The number of H-pyrrole nitrogens is 1. The van der Waals surface area contributed by atoms with Gasteiger partial charge in [0.1, 0.15) is 0 Å². The second kappa shape index (κ2) is 3.51. The molecule has 2 aromatic rings. The maximum absolute atomic E-state index is 8.63. The van der Waals surface area contributed by atoms with E-state index in [-0.39, 0.29) is 0 Å². The molecule has 1 N–H and O–H groups in total. The molecule has 0 atom stereocenters. The minimum atomic E-state index is 0.393. The molecule has 0 unspecified atom stereocenters. The molecular weight excluding hydrogens is 174 g/mol. The zero-order valence-electron chi connectivity index (χ0n) is 8.04. The van der Waals surface area contributed by atoms with E-state index < -0.39 is 0 Å². The minimum absolute atomic E-state index is 0.393. The van der Waals surface area contributed by atoms with Gasteiger partial charge in [-0.25, -0.2) is 0 Å². The third-order valence-corrected chi connectivity index (χ3v) is 2.36. The highest BCUT2D eigenvalue weighted by Crippen LogP contribution is 2.18. The Labute approximate surface area is 82.4 Å². The van der Waals surface area contributed by atoms with Crippen LogP contribution in [0, 0.1) is 11.3 Å². The molecule has 2 rings (SSSR count). The largest absolute Gasteiger partial charge is 0.280 e. The Balaban J connectivity index is 2.59. The smallest absolute Gasteiger partial charge is 0.0924 e.